The molecule has 152 valence electrons. The molecule has 8 heteroatoms. The maximum Gasteiger partial charge on any atom is 0.261 e. The molecule has 1 amide bonds. The molecule has 2 aliphatic heterocycles. The van der Waals surface area contributed by atoms with Gasteiger partial charge in [-0.1, -0.05) is 18.2 Å². The summed E-state index contributed by atoms with van der Waals surface area (Å²) in [6, 6.07) is 5.20. The van der Waals surface area contributed by atoms with Gasteiger partial charge in [0.2, 0.25) is 0 Å². The summed E-state index contributed by atoms with van der Waals surface area (Å²) in [7, 11) is 0. The standard InChI is InChI=1S/C21H21F2N3OS2/c22-14-6-7-16(23)15(12-14)19-25-26(20(27)17-5-1-2-10-24-17)21(29-19)9-3-4-13-8-11-28-18(13)21/h6-8,11-12,17,24H,1-5,9-10H2/t17-,21?/m0/s1. The number of hydrogen-bond donors (Lipinski definition) is 1. The van der Waals surface area contributed by atoms with E-state index in [2.05, 4.69) is 16.5 Å². The molecule has 1 fully saturated rings. The molecule has 1 spiro atoms. The molecule has 0 bridgehead atoms. The summed E-state index contributed by atoms with van der Waals surface area (Å²) in [4.78, 5) is 13.9. The van der Waals surface area contributed by atoms with Gasteiger partial charge in [0.1, 0.15) is 16.7 Å². The average molecular weight is 434 g/mol. The number of nitrogens with one attached hydrogen (secondary N) is 1. The van der Waals surface area contributed by atoms with Crippen LogP contribution in [0.15, 0.2) is 34.7 Å². The van der Waals surface area contributed by atoms with E-state index in [-0.39, 0.29) is 17.5 Å². The Morgan fingerprint density at radius 1 is 1.24 bits per heavy atom. The molecule has 29 heavy (non-hydrogen) atoms. The van der Waals surface area contributed by atoms with Crippen LogP contribution in [0, 0.1) is 11.6 Å². The van der Waals surface area contributed by atoms with Crippen molar-refractivity contribution >= 4 is 34.0 Å². The number of carbonyl (C=O) groups is 1. The predicted octanol–water partition coefficient (Wildman–Crippen LogP) is 4.59. The van der Waals surface area contributed by atoms with Crippen molar-refractivity contribution in [2.45, 2.75) is 49.4 Å². The normalized spacial score (nSPS) is 26.5. The molecule has 1 aromatic heterocycles. The predicted molar refractivity (Wildman–Crippen MR) is 112 cm³/mol. The Morgan fingerprint density at radius 3 is 2.97 bits per heavy atom. The number of benzene rings is 1. The summed E-state index contributed by atoms with van der Waals surface area (Å²) in [5, 5.41) is 11.9. The molecule has 2 aromatic rings. The van der Waals surface area contributed by atoms with E-state index < -0.39 is 16.5 Å². The molecule has 0 saturated carbocycles. The van der Waals surface area contributed by atoms with Gasteiger partial charge >= 0.3 is 0 Å². The summed E-state index contributed by atoms with van der Waals surface area (Å²) in [6.07, 6.45) is 5.46. The summed E-state index contributed by atoms with van der Waals surface area (Å²) in [5.74, 6) is -1.12. The lowest BCUT2D eigenvalue weighted by Crippen LogP contribution is -2.52. The lowest BCUT2D eigenvalue weighted by atomic mass is 9.93. The van der Waals surface area contributed by atoms with Crippen LogP contribution >= 0.6 is 23.1 Å². The van der Waals surface area contributed by atoms with Crippen LogP contribution in [-0.4, -0.2) is 28.5 Å². The summed E-state index contributed by atoms with van der Waals surface area (Å²) in [5.41, 5.74) is 1.34. The van der Waals surface area contributed by atoms with Gasteiger partial charge in [0, 0.05) is 10.4 Å². The molecule has 1 aromatic carbocycles. The van der Waals surface area contributed by atoms with Gasteiger partial charge in [-0.3, -0.25) is 4.79 Å². The van der Waals surface area contributed by atoms with E-state index in [0.717, 1.165) is 62.1 Å². The maximum absolute atomic E-state index is 14.5. The number of halogens is 2. The molecular weight excluding hydrogens is 412 g/mol. The highest BCUT2D eigenvalue weighted by Crippen LogP contribution is 2.55. The SMILES string of the molecule is O=C([C@@H]1CCCCN1)N1N=C(c2cc(F)ccc2F)SC12CCCc1ccsc12. The first-order valence-electron chi connectivity index (χ1n) is 9.96. The molecule has 0 radical (unpaired) electrons. The number of thioether (sulfide) groups is 1. The summed E-state index contributed by atoms with van der Waals surface area (Å²) in [6.45, 7) is 0.809. The second kappa shape index (κ2) is 7.49. The minimum atomic E-state index is -0.675. The Labute approximate surface area is 176 Å². The van der Waals surface area contributed by atoms with E-state index in [4.69, 9.17) is 0 Å². The Hall–Kier alpha value is -1.77. The topological polar surface area (TPSA) is 44.7 Å². The van der Waals surface area contributed by atoms with Crippen molar-refractivity contribution in [2.24, 2.45) is 5.10 Å². The monoisotopic (exact) mass is 433 g/mol. The van der Waals surface area contributed by atoms with Crippen molar-refractivity contribution in [1.29, 1.82) is 0 Å². The van der Waals surface area contributed by atoms with Gasteiger partial charge in [0.15, 0.2) is 4.87 Å². The van der Waals surface area contributed by atoms with E-state index in [9.17, 15) is 13.6 Å². The van der Waals surface area contributed by atoms with Crippen molar-refractivity contribution in [3.05, 3.63) is 57.3 Å². The second-order valence-corrected chi connectivity index (χ2v) is 9.88. The number of aryl methyl sites for hydroxylation is 1. The quantitative estimate of drug-likeness (QED) is 0.753. The van der Waals surface area contributed by atoms with Gasteiger partial charge in [-0.05, 0) is 73.9 Å². The van der Waals surface area contributed by atoms with Gasteiger partial charge in [0.25, 0.3) is 5.91 Å². The molecular formula is C21H21F2N3OS2. The molecule has 4 nitrogen and oxygen atoms in total. The Balaban J connectivity index is 1.60. The van der Waals surface area contributed by atoms with E-state index in [0.29, 0.717) is 5.04 Å². The number of piperidine rings is 1. The zero-order chi connectivity index (χ0) is 20.0. The zero-order valence-electron chi connectivity index (χ0n) is 15.8. The van der Waals surface area contributed by atoms with Crippen LogP contribution in [0.3, 0.4) is 0 Å². The minimum absolute atomic E-state index is 0.0785. The lowest BCUT2D eigenvalue weighted by molar-refractivity contribution is -0.137. The highest BCUT2D eigenvalue weighted by molar-refractivity contribution is 8.15. The Morgan fingerprint density at radius 2 is 2.14 bits per heavy atom. The number of rotatable bonds is 2. The van der Waals surface area contributed by atoms with Crippen molar-refractivity contribution in [1.82, 2.24) is 10.3 Å². The third-order valence-electron chi connectivity index (χ3n) is 5.84. The Kier molecular flexibility index (Phi) is 4.96. The lowest BCUT2D eigenvalue weighted by Gasteiger charge is -2.40. The van der Waals surface area contributed by atoms with E-state index in [1.807, 2.05) is 5.38 Å². The van der Waals surface area contributed by atoms with E-state index in [1.54, 1.807) is 16.3 Å². The molecule has 1 saturated heterocycles. The smallest absolute Gasteiger partial charge is 0.261 e. The zero-order valence-corrected chi connectivity index (χ0v) is 17.4. The third kappa shape index (κ3) is 3.21. The maximum atomic E-state index is 14.5. The number of amides is 1. The van der Waals surface area contributed by atoms with Crippen LogP contribution in [0.2, 0.25) is 0 Å². The number of thiophene rings is 1. The minimum Gasteiger partial charge on any atom is -0.306 e. The van der Waals surface area contributed by atoms with Crippen molar-refractivity contribution < 1.29 is 13.6 Å². The van der Waals surface area contributed by atoms with Crippen LogP contribution in [0.5, 0.6) is 0 Å². The number of fused-ring (bicyclic) bond motifs is 2. The first-order valence-corrected chi connectivity index (χ1v) is 11.7. The molecule has 3 heterocycles. The number of hydrogen-bond acceptors (Lipinski definition) is 5. The first kappa shape index (κ1) is 19.2. The largest absolute Gasteiger partial charge is 0.306 e. The molecule has 3 aliphatic rings. The van der Waals surface area contributed by atoms with Crippen molar-refractivity contribution in [3.63, 3.8) is 0 Å². The van der Waals surface area contributed by atoms with Crippen LogP contribution < -0.4 is 5.32 Å². The molecule has 2 atom stereocenters. The number of carbonyl (C=O) groups excluding carboxylic acids is 1. The highest BCUT2D eigenvalue weighted by atomic mass is 32.2. The molecule has 1 aliphatic carbocycles. The molecule has 5 rings (SSSR count). The molecule has 1 unspecified atom stereocenters. The molecule has 1 N–H and O–H groups in total. The van der Waals surface area contributed by atoms with Gasteiger partial charge < -0.3 is 5.32 Å². The van der Waals surface area contributed by atoms with Crippen LogP contribution in [0.4, 0.5) is 8.78 Å². The van der Waals surface area contributed by atoms with E-state index in [1.165, 1.54) is 23.4 Å². The number of hydrazone groups is 1. The van der Waals surface area contributed by atoms with Crippen LogP contribution in [0.1, 0.15) is 48.1 Å². The average Bonchev–Trinajstić information content (AvgIpc) is 3.36. The van der Waals surface area contributed by atoms with Gasteiger partial charge in [-0.25, -0.2) is 13.8 Å². The van der Waals surface area contributed by atoms with Crippen molar-refractivity contribution in [2.75, 3.05) is 6.54 Å². The second-order valence-electron chi connectivity index (χ2n) is 7.70. The summed E-state index contributed by atoms with van der Waals surface area (Å²) >= 11 is 3.01. The van der Waals surface area contributed by atoms with Gasteiger partial charge in [-0.2, -0.15) is 5.10 Å². The van der Waals surface area contributed by atoms with E-state index >= 15 is 0 Å². The van der Waals surface area contributed by atoms with Crippen LogP contribution in [-0.2, 0) is 16.1 Å². The fourth-order valence-electron chi connectivity index (χ4n) is 4.41. The highest BCUT2D eigenvalue weighted by Gasteiger charge is 2.52. The number of nitrogens with zero attached hydrogens (tertiary/aromatic N) is 2. The Bertz CT molecular complexity index is 986. The van der Waals surface area contributed by atoms with Gasteiger partial charge in [-0.15, -0.1) is 11.3 Å². The third-order valence-corrected chi connectivity index (χ3v) is 8.49. The van der Waals surface area contributed by atoms with Crippen molar-refractivity contribution in [3.8, 4) is 0 Å². The first-order chi connectivity index (χ1) is 14.1. The fourth-order valence-corrected chi connectivity index (χ4v) is 7.14. The van der Waals surface area contributed by atoms with Crippen LogP contribution in [0.25, 0.3) is 0 Å². The summed E-state index contributed by atoms with van der Waals surface area (Å²) < 4.78 is 28.4. The fraction of sp³-hybridized carbons (Fsp3) is 0.429. The van der Waals surface area contributed by atoms with Gasteiger partial charge in [0.05, 0.1) is 6.04 Å².